The minimum Gasteiger partial charge on any atom is -0.294 e. The number of allylic oxidation sites excluding steroid dienone is 1. The van der Waals surface area contributed by atoms with Gasteiger partial charge in [0.05, 0.1) is 5.03 Å². The van der Waals surface area contributed by atoms with Crippen LogP contribution < -0.4 is 0 Å². The molecule has 0 atom stereocenters. The van der Waals surface area contributed by atoms with E-state index in [0.29, 0.717) is 0 Å². The molecule has 1 aromatic carbocycles. The zero-order valence-corrected chi connectivity index (χ0v) is 7.51. The highest BCUT2D eigenvalue weighted by Gasteiger charge is 1.97. The number of rotatable bonds is 2. The number of hydrogen-bond donors (Lipinski definition) is 0. The molecule has 0 bridgehead atoms. The van der Waals surface area contributed by atoms with Crippen molar-refractivity contribution in [2.24, 2.45) is 0 Å². The first kappa shape index (κ1) is 9.01. The molecular weight excluding hydrogens is 172 g/mol. The van der Waals surface area contributed by atoms with Crippen LogP contribution >= 0.6 is 11.6 Å². The van der Waals surface area contributed by atoms with Gasteiger partial charge in [-0.2, -0.15) is 0 Å². The summed E-state index contributed by atoms with van der Waals surface area (Å²) in [6.07, 6.45) is 1.66. The molecule has 0 aliphatic heterocycles. The SMILES string of the molecule is CC(=O)C(Cl)=Cc1ccccc1. The standard InChI is InChI=1S/C10H9ClO/c1-8(12)10(11)7-9-5-3-2-4-6-9/h2-7H,1H3. The molecule has 0 aromatic heterocycles. The van der Waals surface area contributed by atoms with Gasteiger partial charge in [-0.1, -0.05) is 41.9 Å². The summed E-state index contributed by atoms with van der Waals surface area (Å²) in [6, 6.07) is 9.50. The van der Waals surface area contributed by atoms with Gasteiger partial charge in [-0.05, 0) is 11.6 Å². The van der Waals surface area contributed by atoms with Crippen LogP contribution in [0.5, 0.6) is 0 Å². The number of halogens is 1. The molecule has 0 fully saturated rings. The lowest BCUT2D eigenvalue weighted by Crippen LogP contribution is -1.87. The van der Waals surface area contributed by atoms with Crippen LogP contribution in [0, 0.1) is 0 Å². The summed E-state index contributed by atoms with van der Waals surface area (Å²) in [5.41, 5.74) is 0.942. The topological polar surface area (TPSA) is 17.1 Å². The zero-order chi connectivity index (χ0) is 8.97. The molecule has 2 heteroatoms. The minimum atomic E-state index is -0.111. The Balaban J connectivity index is 2.89. The summed E-state index contributed by atoms with van der Waals surface area (Å²) >= 11 is 5.66. The molecule has 0 aliphatic carbocycles. The van der Waals surface area contributed by atoms with Crippen LogP contribution in [-0.2, 0) is 4.79 Å². The normalized spacial score (nSPS) is 11.3. The van der Waals surface area contributed by atoms with Crippen LogP contribution in [0.2, 0.25) is 0 Å². The number of Topliss-reactive ketones (excluding diaryl/α,β-unsaturated/α-hetero) is 1. The highest BCUT2D eigenvalue weighted by molar-refractivity contribution is 6.44. The fraction of sp³-hybridized carbons (Fsp3) is 0.100. The van der Waals surface area contributed by atoms with Crippen LogP contribution in [0.4, 0.5) is 0 Å². The first-order valence-corrected chi connectivity index (χ1v) is 4.01. The Hall–Kier alpha value is -1.08. The second-order valence-electron chi connectivity index (χ2n) is 2.46. The van der Waals surface area contributed by atoms with Crippen molar-refractivity contribution in [2.75, 3.05) is 0 Å². The fourth-order valence-electron chi connectivity index (χ4n) is 0.797. The zero-order valence-electron chi connectivity index (χ0n) is 6.75. The van der Waals surface area contributed by atoms with Crippen molar-refractivity contribution in [3.8, 4) is 0 Å². The van der Waals surface area contributed by atoms with Crippen LogP contribution in [0.1, 0.15) is 12.5 Å². The highest BCUT2D eigenvalue weighted by Crippen LogP contribution is 2.10. The molecule has 0 N–H and O–H groups in total. The Bertz CT molecular complexity index is 301. The van der Waals surface area contributed by atoms with Crippen LogP contribution in [-0.4, -0.2) is 5.78 Å². The molecule has 0 unspecified atom stereocenters. The maximum atomic E-state index is 10.7. The number of ketones is 1. The first-order valence-electron chi connectivity index (χ1n) is 3.63. The molecule has 0 heterocycles. The van der Waals surface area contributed by atoms with E-state index in [2.05, 4.69) is 0 Å². The van der Waals surface area contributed by atoms with E-state index < -0.39 is 0 Å². The third-order valence-electron chi connectivity index (χ3n) is 1.43. The Morgan fingerprint density at radius 2 is 1.92 bits per heavy atom. The molecule has 1 rings (SSSR count). The van der Waals surface area contributed by atoms with Gasteiger partial charge in [0.1, 0.15) is 0 Å². The van der Waals surface area contributed by atoms with Crippen molar-refractivity contribution in [3.63, 3.8) is 0 Å². The quantitative estimate of drug-likeness (QED) is 0.640. The number of benzene rings is 1. The fourth-order valence-corrected chi connectivity index (χ4v) is 0.923. The van der Waals surface area contributed by atoms with Gasteiger partial charge >= 0.3 is 0 Å². The van der Waals surface area contributed by atoms with Gasteiger partial charge in [0.2, 0.25) is 0 Å². The molecule has 1 nitrogen and oxygen atoms in total. The van der Waals surface area contributed by atoms with Gasteiger partial charge in [0, 0.05) is 6.92 Å². The maximum Gasteiger partial charge on any atom is 0.171 e. The largest absolute Gasteiger partial charge is 0.294 e. The molecule has 12 heavy (non-hydrogen) atoms. The summed E-state index contributed by atoms with van der Waals surface area (Å²) in [4.78, 5) is 10.7. The Kier molecular flexibility index (Phi) is 3.06. The van der Waals surface area contributed by atoms with Gasteiger partial charge < -0.3 is 0 Å². The molecule has 0 amide bonds. The Morgan fingerprint density at radius 1 is 1.33 bits per heavy atom. The third-order valence-corrected chi connectivity index (χ3v) is 1.80. The number of carbonyl (C=O) groups is 1. The van der Waals surface area contributed by atoms with E-state index in [1.165, 1.54) is 6.92 Å². The molecule has 0 aliphatic rings. The Morgan fingerprint density at radius 3 is 2.42 bits per heavy atom. The van der Waals surface area contributed by atoms with Gasteiger partial charge in [-0.3, -0.25) is 4.79 Å². The average Bonchev–Trinajstić information content (AvgIpc) is 2.06. The summed E-state index contributed by atoms with van der Waals surface area (Å²) in [5.74, 6) is -0.111. The smallest absolute Gasteiger partial charge is 0.171 e. The predicted octanol–water partition coefficient (Wildman–Crippen LogP) is 2.86. The van der Waals surface area contributed by atoms with Crippen molar-refractivity contribution >= 4 is 23.5 Å². The van der Waals surface area contributed by atoms with E-state index in [-0.39, 0.29) is 10.8 Å². The average molecular weight is 181 g/mol. The lowest BCUT2D eigenvalue weighted by Gasteiger charge is -1.92. The molecular formula is C10H9ClO. The van der Waals surface area contributed by atoms with E-state index in [1.807, 2.05) is 30.3 Å². The minimum absolute atomic E-state index is 0.111. The Labute approximate surface area is 76.7 Å². The van der Waals surface area contributed by atoms with Gasteiger partial charge in [0.15, 0.2) is 5.78 Å². The van der Waals surface area contributed by atoms with E-state index in [9.17, 15) is 4.79 Å². The first-order chi connectivity index (χ1) is 5.70. The van der Waals surface area contributed by atoms with Crippen LogP contribution in [0.3, 0.4) is 0 Å². The molecule has 1 aromatic rings. The van der Waals surface area contributed by atoms with Crippen molar-refractivity contribution in [3.05, 3.63) is 40.9 Å². The molecule has 0 saturated carbocycles. The van der Waals surface area contributed by atoms with E-state index in [0.717, 1.165) is 5.56 Å². The monoisotopic (exact) mass is 180 g/mol. The van der Waals surface area contributed by atoms with E-state index >= 15 is 0 Å². The molecule has 62 valence electrons. The maximum absolute atomic E-state index is 10.7. The second-order valence-corrected chi connectivity index (χ2v) is 2.87. The third kappa shape index (κ3) is 2.51. The molecule has 0 radical (unpaired) electrons. The van der Waals surface area contributed by atoms with Gasteiger partial charge in [-0.25, -0.2) is 0 Å². The van der Waals surface area contributed by atoms with Gasteiger partial charge in [0.25, 0.3) is 0 Å². The van der Waals surface area contributed by atoms with Crippen molar-refractivity contribution in [1.82, 2.24) is 0 Å². The summed E-state index contributed by atoms with van der Waals surface area (Å²) in [6.45, 7) is 1.45. The van der Waals surface area contributed by atoms with E-state index in [1.54, 1.807) is 6.08 Å². The molecule has 0 spiro atoms. The van der Waals surface area contributed by atoms with E-state index in [4.69, 9.17) is 11.6 Å². The lowest BCUT2D eigenvalue weighted by atomic mass is 10.2. The molecule has 0 saturated heterocycles. The van der Waals surface area contributed by atoms with Crippen molar-refractivity contribution in [1.29, 1.82) is 0 Å². The predicted molar refractivity (Wildman–Crippen MR) is 51.0 cm³/mol. The highest BCUT2D eigenvalue weighted by atomic mass is 35.5. The van der Waals surface area contributed by atoms with Gasteiger partial charge in [-0.15, -0.1) is 0 Å². The van der Waals surface area contributed by atoms with Crippen LogP contribution in [0.15, 0.2) is 35.4 Å². The van der Waals surface area contributed by atoms with Crippen LogP contribution in [0.25, 0.3) is 6.08 Å². The lowest BCUT2D eigenvalue weighted by molar-refractivity contribution is -0.112. The van der Waals surface area contributed by atoms with Crippen molar-refractivity contribution < 1.29 is 4.79 Å². The number of hydrogen-bond acceptors (Lipinski definition) is 1. The number of carbonyl (C=O) groups excluding carboxylic acids is 1. The summed E-state index contributed by atoms with van der Waals surface area (Å²) in [7, 11) is 0. The summed E-state index contributed by atoms with van der Waals surface area (Å²) < 4.78 is 0. The van der Waals surface area contributed by atoms with Crippen molar-refractivity contribution in [2.45, 2.75) is 6.92 Å². The second kappa shape index (κ2) is 4.07. The summed E-state index contributed by atoms with van der Waals surface area (Å²) in [5, 5.41) is 0.265.